The molecular weight excluding hydrogens is 678 g/mol. The van der Waals surface area contributed by atoms with Gasteiger partial charge in [0, 0.05) is 44.4 Å². The lowest BCUT2D eigenvalue weighted by Gasteiger charge is -2.50. The second-order valence-corrected chi connectivity index (χ2v) is 16.6. The van der Waals surface area contributed by atoms with Crippen LogP contribution in [0.25, 0.3) is 0 Å². The quantitative estimate of drug-likeness (QED) is 0.266. The number of hydrogen-bond donors (Lipinski definition) is 4. The third-order valence-electron chi connectivity index (χ3n) is 12.3. The number of nitrogens with zero attached hydrogens (tertiary/aromatic N) is 1. The molecule has 0 aromatic heterocycles. The van der Waals surface area contributed by atoms with E-state index >= 15 is 0 Å². The standard InChI is InChI=1S/C38H69NO13/c1-15-26-38(10,45)31(42)21(4)28(40)19(2)17-37(9,47-14)33(52-35-29(41)25(39(11)12)16-20(3)48-35)22(5)30(23(6)34(44)50-26)51-27-18-36(8,46-13)32(43)24(7)49-27/h19-27,29-33,35,41-43,45H,15-18H2,1-14H3/t19-,20-,21+,22+,23-,24+,25+,26-,27?,29-,30+,31-,32+,33-,35+,36?,37-,38-/m1/s1. The van der Waals surface area contributed by atoms with Crippen LogP contribution in [-0.2, 0) is 42.7 Å². The third kappa shape index (κ3) is 9.38. The molecule has 304 valence electrons. The van der Waals surface area contributed by atoms with Crippen molar-refractivity contribution in [2.24, 2.45) is 23.7 Å². The predicted molar refractivity (Wildman–Crippen MR) is 191 cm³/mol. The van der Waals surface area contributed by atoms with Crippen molar-refractivity contribution in [1.29, 1.82) is 0 Å². The molecule has 18 atom stereocenters. The van der Waals surface area contributed by atoms with Gasteiger partial charge in [-0.25, -0.2) is 0 Å². The van der Waals surface area contributed by atoms with Gasteiger partial charge in [0.2, 0.25) is 0 Å². The smallest absolute Gasteiger partial charge is 0.311 e. The highest BCUT2D eigenvalue weighted by Crippen LogP contribution is 2.41. The third-order valence-corrected chi connectivity index (χ3v) is 12.3. The minimum atomic E-state index is -1.96. The Balaban J connectivity index is 2.22. The lowest BCUT2D eigenvalue weighted by Crippen LogP contribution is -2.61. The van der Waals surface area contributed by atoms with E-state index in [9.17, 15) is 30.0 Å². The Bertz CT molecular complexity index is 1190. The van der Waals surface area contributed by atoms with Gasteiger partial charge < -0.3 is 58.5 Å². The zero-order chi connectivity index (χ0) is 39.7. The van der Waals surface area contributed by atoms with Crippen LogP contribution in [0.1, 0.15) is 94.9 Å². The van der Waals surface area contributed by atoms with Gasteiger partial charge in [-0.3, -0.25) is 9.59 Å². The lowest BCUT2D eigenvalue weighted by molar-refractivity contribution is -0.319. The fraction of sp³-hybridized carbons (Fsp3) is 0.947. The first kappa shape index (κ1) is 45.1. The van der Waals surface area contributed by atoms with Crippen molar-refractivity contribution in [3.8, 4) is 0 Å². The van der Waals surface area contributed by atoms with Crippen LogP contribution in [0.2, 0.25) is 0 Å². The molecule has 0 bridgehead atoms. The minimum absolute atomic E-state index is 0.111. The Morgan fingerprint density at radius 2 is 1.44 bits per heavy atom. The van der Waals surface area contributed by atoms with Crippen LogP contribution in [0.15, 0.2) is 0 Å². The molecule has 3 fully saturated rings. The maximum atomic E-state index is 14.2. The average Bonchev–Trinajstić information content (AvgIpc) is 3.09. The predicted octanol–water partition coefficient (Wildman–Crippen LogP) is 2.44. The SMILES string of the molecule is CC[C@H]1OC(=O)[C@H](C)[C@@H](OC2CC(C)(OC)[C@@H](O)[C@H](C)O2)[C@H](C)[C@@H](O[C@@H]2O[C@H](C)C[C@H](N(C)C)[C@H]2O)[C@](C)(OC)C[C@@H](C)C(=O)[C@H](C)[C@@H](O)[C@]1(C)O. The molecule has 3 heterocycles. The van der Waals surface area contributed by atoms with Crippen LogP contribution in [-0.4, -0.2) is 150 Å². The van der Waals surface area contributed by atoms with Crippen molar-refractivity contribution >= 4 is 11.8 Å². The molecule has 14 heteroatoms. The van der Waals surface area contributed by atoms with Crippen LogP contribution < -0.4 is 0 Å². The number of aliphatic hydroxyl groups excluding tert-OH is 3. The van der Waals surface area contributed by atoms with Gasteiger partial charge in [0.1, 0.15) is 29.7 Å². The monoisotopic (exact) mass is 747 g/mol. The maximum Gasteiger partial charge on any atom is 0.311 e. The normalized spacial score (nSPS) is 49.0. The van der Waals surface area contributed by atoms with E-state index in [0.717, 1.165) is 0 Å². The summed E-state index contributed by atoms with van der Waals surface area (Å²) < 4.78 is 43.9. The molecule has 2 unspecified atom stereocenters. The van der Waals surface area contributed by atoms with Gasteiger partial charge in [-0.15, -0.1) is 0 Å². The van der Waals surface area contributed by atoms with Gasteiger partial charge in [-0.2, -0.15) is 0 Å². The van der Waals surface area contributed by atoms with Gasteiger partial charge in [0.05, 0.1) is 47.6 Å². The number of carbonyl (C=O) groups excluding carboxylic acids is 2. The summed E-state index contributed by atoms with van der Waals surface area (Å²) in [6, 6.07) is -0.283. The summed E-state index contributed by atoms with van der Waals surface area (Å²) in [6.45, 7) is 17.1. The summed E-state index contributed by atoms with van der Waals surface area (Å²) in [5, 5.41) is 45.6. The van der Waals surface area contributed by atoms with E-state index in [0.29, 0.717) is 6.42 Å². The molecule has 3 aliphatic heterocycles. The second-order valence-electron chi connectivity index (χ2n) is 16.6. The van der Waals surface area contributed by atoms with E-state index in [1.165, 1.54) is 21.1 Å². The molecule has 0 saturated carbocycles. The molecule has 0 amide bonds. The minimum Gasteiger partial charge on any atom is -0.459 e. The number of methoxy groups -OCH3 is 2. The van der Waals surface area contributed by atoms with Crippen LogP contribution in [0.5, 0.6) is 0 Å². The number of likely N-dealkylation sites (N-methyl/N-ethyl adjacent to an activating group) is 1. The molecular formula is C38H69NO13. The number of ketones is 1. The molecule has 0 spiro atoms. The average molecular weight is 748 g/mol. The van der Waals surface area contributed by atoms with Crippen molar-refractivity contribution < 1.29 is 63.2 Å². The Kier molecular flexibility index (Phi) is 15.3. The Hall–Kier alpha value is -1.30. The van der Waals surface area contributed by atoms with Crippen molar-refractivity contribution in [1.82, 2.24) is 4.90 Å². The molecule has 52 heavy (non-hydrogen) atoms. The van der Waals surface area contributed by atoms with Crippen LogP contribution in [0.3, 0.4) is 0 Å². The number of Topliss-reactive ketones (excluding diaryl/α,β-unsaturated/α-hetero) is 1. The van der Waals surface area contributed by atoms with E-state index in [1.807, 2.05) is 32.8 Å². The van der Waals surface area contributed by atoms with Gasteiger partial charge in [0.15, 0.2) is 12.6 Å². The van der Waals surface area contributed by atoms with Crippen molar-refractivity contribution in [2.45, 2.75) is 179 Å². The Morgan fingerprint density at radius 1 is 0.846 bits per heavy atom. The van der Waals surface area contributed by atoms with Gasteiger partial charge in [-0.1, -0.05) is 27.7 Å². The summed E-state index contributed by atoms with van der Waals surface area (Å²) in [5.74, 6) is -4.47. The summed E-state index contributed by atoms with van der Waals surface area (Å²) in [5.41, 5.74) is -4.24. The van der Waals surface area contributed by atoms with E-state index in [1.54, 1.807) is 48.5 Å². The first-order valence-electron chi connectivity index (χ1n) is 18.9. The molecule has 3 rings (SSSR count). The first-order chi connectivity index (χ1) is 24.0. The van der Waals surface area contributed by atoms with E-state index in [-0.39, 0.29) is 37.2 Å². The van der Waals surface area contributed by atoms with Gasteiger partial charge in [0.25, 0.3) is 0 Å². The van der Waals surface area contributed by atoms with Gasteiger partial charge >= 0.3 is 5.97 Å². The number of rotatable bonds is 8. The number of cyclic esters (lactones) is 1. The number of ether oxygens (including phenoxy) is 7. The molecule has 0 aliphatic carbocycles. The summed E-state index contributed by atoms with van der Waals surface area (Å²) in [4.78, 5) is 30.1. The topological polar surface area (TPSA) is 183 Å². The molecule has 0 aromatic rings. The Morgan fingerprint density at radius 3 is 1.98 bits per heavy atom. The zero-order valence-corrected chi connectivity index (χ0v) is 33.9. The highest BCUT2D eigenvalue weighted by atomic mass is 16.7. The molecule has 3 aliphatic rings. The van der Waals surface area contributed by atoms with Crippen LogP contribution in [0.4, 0.5) is 0 Å². The maximum absolute atomic E-state index is 14.2. The summed E-state index contributed by atoms with van der Waals surface area (Å²) in [7, 11) is 6.77. The number of hydrogen-bond acceptors (Lipinski definition) is 14. The highest BCUT2D eigenvalue weighted by Gasteiger charge is 2.54. The molecule has 0 radical (unpaired) electrons. The Labute approximate surface area is 310 Å². The fourth-order valence-corrected chi connectivity index (χ4v) is 8.58. The number of carbonyl (C=O) groups is 2. The van der Waals surface area contributed by atoms with Crippen molar-refractivity contribution in [2.75, 3.05) is 28.3 Å². The van der Waals surface area contributed by atoms with Crippen LogP contribution >= 0.6 is 0 Å². The molecule has 4 N–H and O–H groups in total. The second kappa shape index (κ2) is 17.7. The number of aliphatic hydroxyl groups is 4. The van der Waals surface area contributed by atoms with Crippen molar-refractivity contribution in [3.63, 3.8) is 0 Å². The van der Waals surface area contributed by atoms with E-state index < -0.39 is 102 Å². The first-order valence-corrected chi connectivity index (χ1v) is 18.9. The van der Waals surface area contributed by atoms with Crippen molar-refractivity contribution in [3.05, 3.63) is 0 Å². The van der Waals surface area contributed by atoms with E-state index in [2.05, 4.69) is 0 Å². The van der Waals surface area contributed by atoms with Crippen LogP contribution in [0, 0.1) is 23.7 Å². The molecule has 3 saturated heterocycles. The zero-order valence-electron chi connectivity index (χ0n) is 33.9. The summed E-state index contributed by atoms with van der Waals surface area (Å²) in [6.07, 6.45) is -8.73. The number of esters is 1. The fourth-order valence-electron chi connectivity index (χ4n) is 8.58. The highest BCUT2D eigenvalue weighted by molar-refractivity contribution is 5.83. The molecule has 14 nitrogen and oxygen atoms in total. The van der Waals surface area contributed by atoms with E-state index in [4.69, 9.17) is 33.2 Å². The largest absolute Gasteiger partial charge is 0.459 e. The van der Waals surface area contributed by atoms with Gasteiger partial charge in [-0.05, 0) is 74.9 Å². The summed E-state index contributed by atoms with van der Waals surface area (Å²) >= 11 is 0. The lowest BCUT2D eigenvalue weighted by atomic mass is 9.74. The molecule has 0 aromatic carbocycles.